The van der Waals surface area contributed by atoms with Gasteiger partial charge >= 0.3 is 0 Å². The normalized spacial score (nSPS) is 11.0. The molecule has 0 aliphatic heterocycles. The fourth-order valence-electron chi connectivity index (χ4n) is 1.70. The fourth-order valence-corrected chi connectivity index (χ4v) is 1.70. The van der Waals surface area contributed by atoms with Crippen molar-refractivity contribution in [2.75, 3.05) is 0 Å². The van der Waals surface area contributed by atoms with Gasteiger partial charge in [0.2, 0.25) is 11.3 Å². The summed E-state index contributed by atoms with van der Waals surface area (Å²) in [4.78, 5) is 14.6. The lowest BCUT2D eigenvalue weighted by molar-refractivity contribution is 0.590. The van der Waals surface area contributed by atoms with Crippen molar-refractivity contribution in [3.05, 3.63) is 40.2 Å². The zero-order chi connectivity index (χ0) is 12.7. The number of fused-ring (bicyclic) bond motifs is 1. The maximum Gasteiger partial charge on any atom is 0.210 e. The molecule has 0 atom stereocenters. The van der Waals surface area contributed by atoms with Crippen molar-refractivity contribution >= 4 is 10.9 Å². The first-order valence-corrected chi connectivity index (χ1v) is 4.91. The Kier molecular flexibility index (Phi) is 2.15. The van der Waals surface area contributed by atoms with Crippen LogP contribution in [0.4, 0.5) is 8.78 Å². The highest BCUT2D eigenvalue weighted by molar-refractivity contribution is 5.82. The Hall–Kier alpha value is -2.64. The number of tetrazole rings is 1. The lowest BCUT2D eigenvalue weighted by atomic mass is 10.1. The van der Waals surface area contributed by atoms with E-state index in [1.807, 2.05) is 0 Å². The Morgan fingerprint density at radius 1 is 1.22 bits per heavy atom. The van der Waals surface area contributed by atoms with Crippen LogP contribution in [0.2, 0.25) is 0 Å². The third-order valence-corrected chi connectivity index (χ3v) is 2.49. The third kappa shape index (κ3) is 1.46. The number of halogens is 2. The lowest BCUT2D eigenvalue weighted by Gasteiger charge is -2.01. The standard InChI is InChI=1S/C10H5F2N5O/c11-4-1-5-8(7(12)2-4)13-3-6(9(5)18)10-14-16-17-15-10/h1-3H,(H,13,18)(H,14,15,16,17). The number of hydrogen-bond donors (Lipinski definition) is 2. The van der Waals surface area contributed by atoms with E-state index in [0.717, 1.165) is 6.07 Å². The monoisotopic (exact) mass is 249 g/mol. The van der Waals surface area contributed by atoms with Crippen molar-refractivity contribution in [2.24, 2.45) is 0 Å². The van der Waals surface area contributed by atoms with Gasteiger partial charge in [-0.3, -0.25) is 4.79 Å². The third-order valence-electron chi connectivity index (χ3n) is 2.49. The molecule has 18 heavy (non-hydrogen) atoms. The Morgan fingerprint density at radius 3 is 2.78 bits per heavy atom. The molecule has 0 aliphatic rings. The highest BCUT2D eigenvalue weighted by atomic mass is 19.1. The minimum absolute atomic E-state index is 0.0582. The molecule has 3 aromatic rings. The first-order chi connectivity index (χ1) is 8.66. The molecule has 0 spiro atoms. The summed E-state index contributed by atoms with van der Waals surface area (Å²) < 4.78 is 26.6. The van der Waals surface area contributed by atoms with Gasteiger partial charge in [0, 0.05) is 12.3 Å². The summed E-state index contributed by atoms with van der Waals surface area (Å²) in [5.41, 5.74) is -0.543. The van der Waals surface area contributed by atoms with Gasteiger partial charge in [-0.2, -0.15) is 5.21 Å². The second kappa shape index (κ2) is 3.69. The van der Waals surface area contributed by atoms with Gasteiger partial charge in [-0.15, -0.1) is 10.2 Å². The van der Waals surface area contributed by atoms with Crippen LogP contribution < -0.4 is 5.43 Å². The van der Waals surface area contributed by atoms with Gasteiger partial charge in [0.1, 0.15) is 11.6 Å². The van der Waals surface area contributed by atoms with Crippen LogP contribution in [0.15, 0.2) is 23.1 Å². The summed E-state index contributed by atoms with van der Waals surface area (Å²) in [5.74, 6) is -1.60. The molecule has 0 amide bonds. The van der Waals surface area contributed by atoms with Crippen molar-refractivity contribution in [1.29, 1.82) is 0 Å². The van der Waals surface area contributed by atoms with Crippen LogP contribution in [0.1, 0.15) is 0 Å². The average molecular weight is 249 g/mol. The summed E-state index contributed by atoms with van der Waals surface area (Å²) in [6, 6.07) is 1.66. The zero-order valence-electron chi connectivity index (χ0n) is 8.74. The predicted octanol–water partition coefficient (Wildman–Crippen LogP) is 0.986. The van der Waals surface area contributed by atoms with E-state index in [1.165, 1.54) is 6.20 Å². The van der Waals surface area contributed by atoms with E-state index in [1.54, 1.807) is 0 Å². The minimum Gasteiger partial charge on any atom is -0.358 e. The highest BCUT2D eigenvalue weighted by Gasteiger charge is 2.14. The number of aromatic amines is 2. The molecular formula is C10H5F2N5O. The van der Waals surface area contributed by atoms with Crippen LogP contribution in [0.5, 0.6) is 0 Å². The molecule has 8 heteroatoms. The Balaban J connectivity index is 2.40. The molecule has 0 aliphatic carbocycles. The molecule has 2 N–H and O–H groups in total. The summed E-state index contributed by atoms with van der Waals surface area (Å²) in [6.45, 7) is 0. The van der Waals surface area contributed by atoms with Crippen LogP contribution in [-0.2, 0) is 0 Å². The number of nitrogens with one attached hydrogen (secondary N) is 2. The van der Waals surface area contributed by atoms with E-state index in [-0.39, 0.29) is 22.3 Å². The van der Waals surface area contributed by atoms with Crippen molar-refractivity contribution in [3.63, 3.8) is 0 Å². The van der Waals surface area contributed by atoms with Gasteiger partial charge in [0.25, 0.3) is 0 Å². The molecule has 0 radical (unpaired) electrons. The van der Waals surface area contributed by atoms with Gasteiger partial charge in [0.05, 0.1) is 16.5 Å². The molecule has 0 saturated carbocycles. The number of H-pyrrole nitrogens is 2. The maximum atomic E-state index is 13.4. The summed E-state index contributed by atoms with van der Waals surface area (Å²) >= 11 is 0. The van der Waals surface area contributed by atoms with Crippen molar-refractivity contribution in [1.82, 2.24) is 25.6 Å². The first-order valence-electron chi connectivity index (χ1n) is 4.91. The van der Waals surface area contributed by atoms with Crippen molar-refractivity contribution in [2.45, 2.75) is 0 Å². The smallest absolute Gasteiger partial charge is 0.210 e. The SMILES string of the molecule is O=c1c(-c2nn[nH]n2)c[nH]c2c(F)cc(F)cc12. The summed E-state index contributed by atoms with van der Waals surface area (Å²) in [6.07, 6.45) is 1.26. The van der Waals surface area contributed by atoms with E-state index in [4.69, 9.17) is 0 Å². The number of hydrogen-bond acceptors (Lipinski definition) is 4. The molecule has 6 nitrogen and oxygen atoms in total. The predicted molar refractivity (Wildman–Crippen MR) is 57.7 cm³/mol. The summed E-state index contributed by atoms with van der Waals surface area (Å²) in [5, 5.41) is 12.7. The molecule has 1 aromatic carbocycles. The molecule has 90 valence electrons. The number of nitrogens with zero attached hydrogens (tertiary/aromatic N) is 3. The number of pyridine rings is 1. The highest BCUT2D eigenvalue weighted by Crippen LogP contribution is 2.17. The van der Waals surface area contributed by atoms with Gasteiger partial charge < -0.3 is 4.98 Å². The van der Waals surface area contributed by atoms with Crippen LogP contribution >= 0.6 is 0 Å². The van der Waals surface area contributed by atoms with Crippen LogP contribution in [0.25, 0.3) is 22.3 Å². The van der Waals surface area contributed by atoms with Gasteiger partial charge in [0.15, 0.2) is 0 Å². The molecule has 0 saturated heterocycles. The number of aromatic nitrogens is 5. The quantitative estimate of drug-likeness (QED) is 0.673. The van der Waals surface area contributed by atoms with Crippen LogP contribution in [0.3, 0.4) is 0 Å². The van der Waals surface area contributed by atoms with Crippen LogP contribution in [-0.4, -0.2) is 25.6 Å². The molecular weight excluding hydrogens is 244 g/mol. The van der Waals surface area contributed by atoms with E-state index < -0.39 is 17.1 Å². The average Bonchev–Trinajstić information content (AvgIpc) is 2.84. The van der Waals surface area contributed by atoms with Gasteiger partial charge in [-0.05, 0) is 11.3 Å². The fraction of sp³-hybridized carbons (Fsp3) is 0. The lowest BCUT2D eigenvalue weighted by Crippen LogP contribution is -2.08. The molecule has 0 fully saturated rings. The van der Waals surface area contributed by atoms with E-state index in [2.05, 4.69) is 25.6 Å². The summed E-state index contributed by atoms with van der Waals surface area (Å²) in [7, 11) is 0. The molecule has 3 rings (SSSR count). The second-order valence-electron chi connectivity index (χ2n) is 3.58. The molecule has 2 aromatic heterocycles. The van der Waals surface area contributed by atoms with E-state index in [0.29, 0.717) is 6.07 Å². The van der Waals surface area contributed by atoms with Crippen LogP contribution in [0, 0.1) is 11.6 Å². The number of benzene rings is 1. The zero-order valence-corrected chi connectivity index (χ0v) is 8.74. The Morgan fingerprint density at radius 2 is 2.06 bits per heavy atom. The Labute approximate surface area is 97.7 Å². The van der Waals surface area contributed by atoms with Gasteiger partial charge in [-0.25, -0.2) is 8.78 Å². The molecule has 2 heterocycles. The van der Waals surface area contributed by atoms with Gasteiger partial charge in [-0.1, -0.05) is 0 Å². The van der Waals surface area contributed by atoms with E-state index in [9.17, 15) is 13.6 Å². The van der Waals surface area contributed by atoms with Crippen molar-refractivity contribution < 1.29 is 8.78 Å². The van der Waals surface area contributed by atoms with E-state index >= 15 is 0 Å². The maximum absolute atomic E-state index is 13.4. The minimum atomic E-state index is -0.832. The van der Waals surface area contributed by atoms with Crippen molar-refractivity contribution in [3.8, 4) is 11.4 Å². The topological polar surface area (TPSA) is 87.3 Å². The molecule has 0 bridgehead atoms. The first kappa shape index (κ1) is 10.5. The largest absolute Gasteiger partial charge is 0.358 e. The molecule has 0 unspecified atom stereocenters. The number of rotatable bonds is 1. The Bertz CT molecular complexity index is 781. The second-order valence-corrected chi connectivity index (χ2v) is 3.58.